The van der Waals surface area contributed by atoms with Gasteiger partial charge >= 0.3 is 0 Å². The van der Waals surface area contributed by atoms with Crippen LogP contribution in [0.3, 0.4) is 0 Å². The SMILES string of the molecule is N#CCCC1NC(=O)C(Cc2cccc(F)c2)NC1=O. The number of nitriles is 1. The first-order valence-electron chi connectivity index (χ1n) is 6.32. The largest absolute Gasteiger partial charge is 0.342 e. The van der Waals surface area contributed by atoms with Crippen LogP contribution < -0.4 is 10.6 Å². The zero-order valence-corrected chi connectivity index (χ0v) is 10.7. The number of hydrogen-bond acceptors (Lipinski definition) is 3. The number of rotatable bonds is 4. The van der Waals surface area contributed by atoms with E-state index in [9.17, 15) is 14.0 Å². The van der Waals surface area contributed by atoms with Gasteiger partial charge in [-0.1, -0.05) is 12.1 Å². The van der Waals surface area contributed by atoms with Gasteiger partial charge in [-0.15, -0.1) is 0 Å². The van der Waals surface area contributed by atoms with Gasteiger partial charge in [0.2, 0.25) is 11.8 Å². The van der Waals surface area contributed by atoms with Crippen molar-refractivity contribution in [1.82, 2.24) is 10.6 Å². The van der Waals surface area contributed by atoms with Crippen molar-refractivity contribution in [3.05, 3.63) is 35.6 Å². The fraction of sp³-hybridized carbons (Fsp3) is 0.357. The molecule has 0 aliphatic carbocycles. The van der Waals surface area contributed by atoms with Crippen LogP contribution in [0.15, 0.2) is 24.3 Å². The molecule has 0 bridgehead atoms. The first-order valence-corrected chi connectivity index (χ1v) is 6.32. The summed E-state index contributed by atoms with van der Waals surface area (Å²) < 4.78 is 13.1. The Morgan fingerprint density at radius 3 is 2.60 bits per heavy atom. The third kappa shape index (κ3) is 3.32. The predicted octanol–water partition coefficient (Wildman–Crippen LogP) is 0.655. The minimum absolute atomic E-state index is 0.201. The molecular weight excluding hydrogens is 261 g/mol. The van der Waals surface area contributed by atoms with Gasteiger partial charge in [-0.2, -0.15) is 5.26 Å². The molecule has 20 heavy (non-hydrogen) atoms. The molecule has 1 aromatic carbocycles. The van der Waals surface area contributed by atoms with E-state index in [1.807, 2.05) is 6.07 Å². The summed E-state index contributed by atoms with van der Waals surface area (Å²) in [4.78, 5) is 23.7. The van der Waals surface area contributed by atoms with Crippen LogP contribution in [0, 0.1) is 17.1 Å². The molecule has 6 heteroatoms. The predicted molar refractivity (Wildman–Crippen MR) is 68.8 cm³/mol. The topological polar surface area (TPSA) is 82.0 Å². The molecular formula is C14H14FN3O2. The molecule has 1 fully saturated rings. The maximum Gasteiger partial charge on any atom is 0.243 e. The molecule has 1 heterocycles. The maximum absolute atomic E-state index is 13.1. The van der Waals surface area contributed by atoms with Gasteiger partial charge in [-0.3, -0.25) is 9.59 Å². The smallest absolute Gasteiger partial charge is 0.243 e. The molecule has 2 atom stereocenters. The van der Waals surface area contributed by atoms with Gasteiger partial charge in [0.25, 0.3) is 0 Å². The molecule has 2 rings (SSSR count). The summed E-state index contributed by atoms with van der Waals surface area (Å²) in [6.07, 6.45) is 0.730. The fourth-order valence-corrected chi connectivity index (χ4v) is 2.13. The minimum atomic E-state index is -0.706. The number of halogens is 1. The van der Waals surface area contributed by atoms with Gasteiger partial charge in [0.15, 0.2) is 0 Å². The maximum atomic E-state index is 13.1. The third-order valence-corrected chi connectivity index (χ3v) is 3.14. The van der Waals surface area contributed by atoms with Crippen molar-refractivity contribution >= 4 is 11.8 Å². The highest BCUT2D eigenvalue weighted by Gasteiger charge is 2.33. The minimum Gasteiger partial charge on any atom is -0.342 e. The summed E-state index contributed by atoms with van der Waals surface area (Å²) in [5.74, 6) is -0.991. The number of nitrogens with zero attached hydrogens (tertiary/aromatic N) is 1. The van der Waals surface area contributed by atoms with Crippen molar-refractivity contribution in [2.45, 2.75) is 31.3 Å². The molecule has 104 valence electrons. The van der Waals surface area contributed by atoms with E-state index in [0.717, 1.165) is 0 Å². The summed E-state index contributed by atoms with van der Waals surface area (Å²) in [6.45, 7) is 0. The normalized spacial score (nSPS) is 21.8. The van der Waals surface area contributed by atoms with Crippen LogP contribution in [-0.2, 0) is 16.0 Å². The molecule has 0 radical (unpaired) electrons. The number of hydrogen-bond donors (Lipinski definition) is 2. The first-order chi connectivity index (χ1) is 9.60. The van der Waals surface area contributed by atoms with E-state index in [1.54, 1.807) is 12.1 Å². The second-order valence-electron chi connectivity index (χ2n) is 4.65. The molecule has 1 aromatic rings. The van der Waals surface area contributed by atoms with E-state index >= 15 is 0 Å². The van der Waals surface area contributed by atoms with Crippen LogP contribution in [0.5, 0.6) is 0 Å². The highest BCUT2D eigenvalue weighted by molar-refractivity contribution is 5.97. The van der Waals surface area contributed by atoms with E-state index in [4.69, 9.17) is 5.26 Å². The number of benzene rings is 1. The van der Waals surface area contributed by atoms with Crippen molar-refractivity contribution in [2.75, 3.05) is 0 Å². The van der Waals surface area contributed by atoms with E-state index < -0.39 is 12.1 Å². The van der Waals surface area contributed by atoms with Gasteiger partial charge in [0, 0.05) is 12.8 Å². The molecule has 1 aliphatic rings. The van der Waals surface area contributed by atoms with Crippen LogP contribution in [0.1, 0.15) is 18.4 Å². The lowest BCUT2D eigenvalue weighted by Gasteiger charge is -2.29. The second kappa shape index (κ2) is 6.15. The molecule has 2 N–H and O–H groups in total. The monoisotopic (exact) mass is 275 g/mol. The molecule has 2 unspecified atom stereocenters. The van der Waals surface area contributed by atoms with Gasteiger partial charge in [-0.25, -0.2) is 4.39 Å². The quantitative estimate of drug-likeness (QED) is 0.846. The van der Waals surface area contributed by atoms with E-state index in [-0.39, 0.29) is 30.5 Å². The van der Waals surface area contributed by atoms with Crippen molar-refractivity contribution in [3.8, 4) is 6.07 Å². The van der Waals surface area contributed by atoms with Gasteiger partial charge < -0.3 is 10.6 Å². The zero-order chi connectivity index (χ0) is 14.5. The summed E-state index contributed by atoms with van der Waals surface area (Å²) in [5, 5.41) is 13.7. The van der Waals surface area contributed by atoms with E-state index in [2.05, 4.69) is 10.6 Å². The highest BCUT2D eigenvalue weighted by Crippen LogP contribution is 2.10. The van der Waals surface area contributed by atoms with Crippen LogP contribution in [0.4, 0.5) is 4.39 Å². The van der Waals surface area contributed by atoms with Crippen LogP contribution in [-0.4, -0.2) is 23.9 Å². The van der Waals surface area contributed by atoms with E-state index in [0.29, 0.717) is 12.0 Å². The number of piperazine rings is 1. The zero-order valence-electron chi connectivity index (χ0n) is 10.7. The van der Waals surface area contributed by atoms with Gasteiger partial charge in [0.1, 0.15) is 17.9 Å². The second-order valence-corrected chi connectivity index (χ2v) is 4.65. The Balaban J connectivity index is 2.00. The molecule has 0 spiro atoms. The Hall–Kier alpha value is -2.42. The average molecular weight is 275 g/mol. The Labute approximate surface area is 115 Å². The summed E-state index contributed by atoms with van der Waals surface area (Å²) >= 11 is 0. The molecule has 1 aliphatic heterocycles. The van der Waals surface area contributed by atoms with Crippen LogP contribution in [0.25, 0.3) is 0 Å². The Kier molecular flexibility index (Phi) is 4.31. The van der Waals surface area contributed by atoms with Crippen LogP contribution >= 0.6 is 0 Å². The lowest BCUT2D eigenvalue weighted by Crippen LogP contribution is -2.62. The third-order valence-electron chi connectivity index (χ3n) is 3.14. The first kappa shape index (κ1) is 14.0. The lowest BCUT2D eigenvalue weighted by atomic mass is 10.0. The van der Waals surface area contributed by atoms with Crippen molar-refractivity contribution < 1.29 is 14.0 Å². The summed E-state index contributed by atoms with van der Waals surface area (Å²) in [7, 11) is 0. The number of amides is 2. The Morgan fingerprint density at radius 2 is 1.90 bits per heavy atom. The molecule has 1 saturated heterocycles. The Bertz CT molecular complexity index is 568. The van der Waals surface area contributed by atoms with Crippen molar-refractivity contribution in [2.24, 2.45) is 0 Å². The fourth-order valence-electron chi connectivity index (χ4n) is 2.13. The van der Waals surface area contributed by atoms with Gasteiger partial charge in [0.05, 0.1) is 6.07 Å². The van der Waals surface area contributed by atoms with Crippen molar-refractivity contribution in [3.63, 3.8) is 0 Å². The van der Waals surface area contributed by atoms with Gasteiger partial charge in [-0.05, 0) is 24.1 Å². The Morgan fingerprint density at radius 1 is 1.20 bits per heavy atom. The number of carbonyl (C=O) groups excluding carboxylic acids is 2. The molecule has 5 nitrogen and oxygen atoms in total. The highest BCUT2D eigenvalue weighted by atomic mass is 19.1. The standard InChI is InChI=1S/C14H14FN3O2/c15-10-4-1-3-9(7-10)8-12-14(20)17-11(5-2-6-16)13(19)18-12/h1,3-4,7,11-12H,2,5,8H2,(H,17,20)(H,18,19). The van der Waals surface area contributed by atoms with Crippen LogP contribution in [0.2, 0.25) is 0 Å². The number of carbonyl (C=O) groups is 2. The summed E-state index contributed by atoms with van der Waals surface area (Å²) in [6, 6.07) is 6.48. The lowest BCUT2D eigenvalue weighted by molar-refractivity contribution is -0.136. The molecule has 2 amide bonds. The number of nitrogens with one attached hydrogen (secondary N) is 2. The van der Waals surface area contributed by atoms with Crippen molar-refractivity contribution in [1.29, 1.82) is 5.26 Å². The summed E-state index contributed by atoms with van der Waals surface area (Å²) in [5.41, 5.74) is 0.640. The molecule has 0 aromatic heterocycles. The molecule has 0 saturated carbocycles. The average Bonchev–Trinajstić information content (AvgIpc) is 2.41. The van der Waals surface area contributed by atoms with E-state index in [1.165, 1.54) is 12.1 Å².